The number of thiazole rings is 1. The Morgan fingerprint density at radius 3 is 3.00 bits per heavy atom. The predicted octanol–water partition coefficient (Wildman–Crippen LogP) is 1.82. The highest BCUT2D eigenvalue weighted by molar-refractivity contribution is 7.11. The molecule has 4 nitrogen and oxygen atoms in total. The van der Waals surface area contributed by atoms with E-state index in [0.717, 1.165) is 11.4 Å². The first kappa shape index (κ1) is 11.7. The summed E-state index contributed by atoms with van der Waals surface area (Å²) < 4.78 is 0. The molecule has 0 bridgehead atoms. The average Bonchev–Trinajstić information content (AvgIpc) is 2.76. The summed E-state index contributed by atoms with van der Waals surface area (Å²) >= 11 is 1.66. The van der Waals surface area contributed by atoms with Crippen molar-refractivity contribution < 1.29 is 4.79 Å². The Kier molecular flexibility index (Phi) is 3.82. The molecule has 0 spiro atoms. The van der Waals surface area contributed by atoms with Gasteiger partial charge in [-0.05, 0) is 19.1 Å². The van der Waals surface area contributed by atoms with Gasteiger partial charge in [0.15, 0.2) is 0 Å². The quantitative estimate of drug-likeness (QED) is 0.896. The molecule has 0 aliphatic carbocycles. The number of carbonyl (C=O) groups is 1. The first-order valence-electron chi connectivity index (χ1n) is 5.35. The number of carbonyl (C=O) groups excluding carboxylic acids is 1. The number of hydrogen-bond donors (Lipinski definition) is 1. The second-order valence-electron chi connectivity index (χ2n) is 3.61. The monoisotopic (exact) mass is 247 g/mol. The van der Waals surface area contributed by atoms with Crippen LogP contribution >= 0.6 is 11.3 Å². The molecule has 2 aromatic rings. The maximum absolute atomic E-state index is 11.7. The van der Waals surface area contributed by atoms with Crippen LogP contribution in [-0.2, 0) is 6.42 Å². The van der Waals surface area contributed by atoms with Crippen molar-refractivity contribution in [2.75, 3.05) is 6.54 Å². The molecule has 5 heteroatoms. The molecule has 0 unspecified atom stereocenters. The lowest BCUT2D eigenvalue weighted by Crippen LogP contribution is -2.25. The van der Waals surface area contributed by atoms with Crippen molar-refractivity contribution in [1.29, 1.82) is 0 Å². The third-order valence-electron chi connectivity index (χ3n) is 2.22. The minimum atomic E-state index is -0.0913. The zero-order valence-corrected chi connectivity index (χ0v) is 10.3. The van der Waals surface area contributed by atoms with Gasteiger partial charge in [-0.1, -0.05) is 0 Å². The van der Waals surface area contributed by atoms with Crippen LogP contribution in [0.2, 0.25) is 0 Å². The molecule has 0 aromatic carbocycles. The third-order valence-corrected chi connectivity index (χ3v) is 3.19. The smallest absolute Gasteiger partial charge is 0.252 e. The highest BCUT2D eigenvalue weighted by Crippen LogP contribution is 2.10. The highest BCUT2D eigenvalue weighted by Gasteiger charge is 2.04. The van der Waals surface area contributed by atoms with Gasteiger partial charge in [0.25, 0.3) is 5.91 Å². The van der Waals surface area contributed by atoms with Gasteiger partial charge in [0.1, 0.15) is 0 Å². The molecule has 0 aliphatic rings. The van der Waals surface area contributed by atoms with Gasteiger partial charge in [-0.2, -0.15) is 0 Å². The molecule has 1 amide bonds. The molecule has 2 heterocycles. The Morgan fingerprint density at radius 2 is 2.35 bits per heavy atom. The second kappa shape index (κ2) is 5.54. The van der Waals surface area contributed by atoms with E-state index in [0.29, 0.717) is 12.1 Å². The van der Waals surface area contributed by atoms with Crippen molar-refractivity contribution in [3.63, 3.8) is 0 Å². The van der Waals surface area contributed by atoms with Crippen LogP contribution in [0, 0.1) is 6.92 Å². The number of aryl methyl sites for hydroxylation is 1. The first-order chi connectivity index (χ1) is 8.25. The van der Waals surface area contributed by atoms with Crippen LogP contribution in [0.15, 0.2) is 30.7 Å². The Bertz CT molecular complexity index is 495. The third kappa shape index (κ3) is 3.35. The van der Waals surface area contributed by atoms with E-state index >= 15 is 0 Å². The zero-order chi connectivity index (χ0) is 12.1. The van der Waals surface area contributed by atoms with E-state index < -0.39 is 0 Å². The fraction of sp³-hybridized carbons (Fsp3) is 0.250. The molecule has 0 saturated heterocycles. The van der Waals surface area contributed by atoms with Crippen LogP contribution in [0.1, 0.15) is 20.2 Å². The molecule has 17 heavy (non-hydrogen) atoms. The van der Waals surface area contributed by atoms with Gasteiger partial charge in [0, 0.05) is 36.4 Å². The van der Waals surface area contributed by atoms with Crippen LogP contribution in [0.3, 0.4) is 0 Å². The van der Waals surface area contributed by atoms with Crippen LogP contribution in [0.5, 0.6) is 0 Å². The summed E-state index contributed by atoms with van der Waals surface area (Å²) in [6.07, 6.45) is 5.82. The number of rotatable bonds is 4. The fourth-order valence-electron chi connectivity index (χ4n) is 1.40. The summed E-state index contributed by atoms with van der Waals surface area (Å²) in [7, 11) is 0. The largest absolute Gasteiger partial charge is 0.352 e. The van der Waals surface area contributed by atoms with E-state index in [4.69, 9.17) is 0 Å². The van der Waals surface area contributed by atoms with Crippen molar-refractivity contribution in [2.45, 2.75) is 13.3 Å². The molecule has 0 fully saturated rings. The van der Waals surface area contributed by atoms with Gasteiger partial charge in [0.2, 0.25) is 0 Å². The van der Waals surface area contributed by atoms with E-state index in [1.54, 1.807) is 35.9 Å². The summed E-state index contributed by atoms with van der Waals surface area (Å²) in [6.45, 7) is 2.62. The molecule has 88 valence electrons. The number of amides is 1. The molecule has 0 saturated carbocycles. The molecule has 0 radical (unpaired) electrons. The molecule has 0 atom stereocenters. The molecule has 0 aliphatic heterocycles. The van der Waals surface area contributed by atoms with E-state index in [2.05, 4.69) is 15.3 Å². The van der Waals surface area contributed by atoms with Gasteiger partial charge in [0.05, 0.1) is 10.6 Å². The van der Waals surface area contributed by atoms with Crippen LogP contribution in [0.4, 0.5) is 0 Å². The van der Waals surface area contributed by atoms with Crippen molar-refractivity contribution in [2.24, 2.45) is 0 Å². The summed E-state index contributed by atoms with van der Waals surface area (Å²) in [5, 5.41) is 3.89. The number of hydrogen-bond acceptors (Lipinski definition) is 4. The van der Waals surface area contributed by atoms with Crippen LogP contribution in [0.25, 0.3) is 0 Å². The van der Waals surface area contributed by atoms with E-state index in [-0.39, 0.29) is 5.91 Å². The standard InChI is InChI=1S/C12H13N3OS/c1-9-7-15-11(17-9)4-6-14-12(16)10-3-2-5-13-8-10/h2-3,5,7-8H,4,6H2,1H3,(H,14,16). The van der Waals surface area contributed by atoms with E-state index in [1.807, 2.05) is 13.1 Å². The Morgan fingerprint density at radius 1 is 1.47 bits per heavy atom. The fourth-order valence-corrected chi connectivity index (χ4v) is 2.19. The van der Waals surface area contributed by atoms with Gasteiger partial charge in [-0.3, -0.25) is 9.78 Å². The van der Waals surface area contributed by atoms with Gasteiger partial charge >= 0.3 is 0 Å². The minimum Gasteiger partial charge on any atom is -0.352 e. The topological polar surface area (TPSA) is 54.9 Å². The summed E-state index contributed by atoms with van der Waals surface area (Å²) in [5.41, 5.74) is 0.586. The molecular formula is C12H13N3OS. The summed E-state index contributed by atoms with van der Waals surface area (Å²) in [4.78, 5) is 21.0. The second-order valence-corrected chi connectivity index (χ2v) is 4.93. The minimum absolute atomic E-state index is 0.0913. The lowest BCUT2D eigenvalue weighted by atomic mass is 10.2. The van der Waals surface area contributed by atoms with Gasteiger partial charge < -0.3 is 5.32 Å². The van der Waals surface area contributed by atoms with Crippen molar-refractivity contribution in [1.82, 2.24) is 15.3 Å². The molecule has 2 aromatic heterocycles. The lowest BCUT2D eigenvalue weighted by Gasteiger charge is -2.02. The Labute approximate surface area is 104 Å². The molecule has 2 rings (SSSR count). The Hall–Kier alpha value is -1.75. The molecule has 1 N–H and O–H groups in total. The van der Waals surface area contributed by atoms with Gasteiger partial charge in [-0.25, -0.2) is 4.98 Å². The SMILES string of the molecule is Cc1cnc(CCNC(=O)c2cccnc2)s1. The van der Waals surface area contributed by atoms with Gasteiger partial charge in [-0.15, -0.1) is 11.3 Å². The maximum atomic E-state index is 11.7. The summed E-state index contributed by atoms with van der Waals surface area (Å²) in [5.74, 6) is -0.0913. The number of aromatic nitrogens is 2. The maximum Gasteiger partial charge on any atom is 0.252 e. The van der Waals surface area contributed by atoms with Crippen LogP contribution < -0.4 is 5.32 Å². The van der Waals surface area contributed by atoms with E-state index in [1.165, 1.54) is 4.88 Å². The molecular weight excluding hydrogens is 234 g/mol. The van der Waals surface area contributed by atoms with Crippen molar-refractivity contribution >= 4 is 17.2 Å². The number of pyridine rings is 1. The normalized spacial score (nSPS) is 10.2. The zero-order valence-electron chi connectivity index (χ0n) is 9.51. The number of nitrogens with one attached hydrogen (secondary N) is 1. The predicted molar refractivity (Wildman–Crippen MR) is 67.1 cm³/mol. The summed E-state index contributed by atoms with van der Waals surface area (Å²) in [6, 6.07) is 3.50. The Balaban J connectivity index is 1.81. The average molecular weight is 247 g/mol. The first-order valence-corrected chi connectivity index (χ1v) is 6.17. The van der Waals surface area contributed by atoms with E-state index in [9.17, 15) is 4.79 Å². The van der Waals surface area contributed by atoms with Crippen molar-refractivity contribution in [3.8, 4) is 0 Å². The highest BCUT2D eigenvalue weighted by atomic mass is 32.1. The van der Waals surface area contributed by atoms with Crippen molar-refractivity contribution in [3.05, 3.63) is 46.2 Å². The lowest BCUT2D eigenvalue weighted by molar-refractivity contribution is 0.0954. The van der Waals surface area contributed by atoms with Crippen LogP contribution in [-0.4, -0.2) is 22.4 Å². The number of nitrogens with zero attached hydrogens (tertiary/aromatic N) is 2.